The van der Waals surface area contributed by atoms with Crippen molar-refractivity contribution in [2.24, 2.45) is 0 Å². The molecule has 0 aliphatic carbocycles. The smallest absolute Gasteiger partial charge is 0.138 e. The molecular formula is C17H31N3. The Hall–Kier alpha value is -0.990. The van der Waals surface area contributed by atoms with Crippen LogP contribution in [0.2, 0.25) is 0 Å². The third-order valence-corrected chi connectivity index (χ3v) is 3.46. The Morgan fingerprint density at radius 2 is 1.00 bits per heavy atom. The van der Waals surface area contributed by atoms with E-state index in [1.807, 2.05) is 0 Å². The minimum atomic E-state index is -0.0556. The summed E-state index contributed by atoms with van der Waals surface area (Å²) in [6.45, 7) is 19.6. The summed E-state index contributed by atoms with van der Waals surface area (Å²) in [5.41, 5.74) is -0.113. The molecule has 0 radical (unpaired) electrons. The summed E-state index contributed by atoms with van der Waals surface area (Å²) < 4.78 is 0. The fourth-order valence-electron chi connectivity index (χ4n) is 2.09. The molecule has 0 aliphatic rings. The summed E-state index contributed by atoms with van der Waals surface area (Å²) in [6.07, 6.45) is 2.22. The van der Waals surface area contributed by atoms with E-state index in [1.54, 1.807) is 0 Å². The van der Waals surface area contributed by atoms with Crippen LogP contribution in [0.4, 0.5) is 0 Å². The van der Waals surface area contributed by atoms with E-state index < -0.39 is 0 Å². The van der Waals surface area contributed by atoms with Crippen molar-refractivity contribution in [3.63, 3.8) is 0 Å². The van der Waals surface area contributed by atoms with Crippen LogP contribution in [0.3, 0.4) is 0 Å². The summed E-state index contributed by atoms with van der Waals surface area (Å²) in [6, 6.07) is 0. The van der Waals surface area contributed by atoms with E-state index in [0.29, 0.717) is 0 Å². The molecule has 114 valence electrons. The molecule has 3 heteroatoms. The Morgan fingerprint density at radius 1 is 0.650 bits per heavy atom. The zero-order chi connectivity index (χ0) is 15.8. The second-order valence-corrected chi connectivity index (χ2v) is 8.44. The molecule has 1 rings (SSSR count). The van der Waals surface area contributed by atoms with Gasteiger partial charge in [0.1, 0.15) is 17.5 Å². The first-order valence-corrected chi connectivity index (χ1v) is 7.65. The average Bonchev–Trinajstić information content (AvgIpc) is 2.26. The minimum absolute atomic E-state index is 0.00229. The Balaban J connectivity index is 3.46. The second-order valence-electron chi connectivity index (χ2n) is 8.44. The lowest BCUT2D eigenvalue weighted by molar-refractivity contribution is 0.414. The van der Waals surface area contributed by atoms with Crippen LogP contribution in [0.5, 0.6) is 0 Å². The van der Waals surface area contributed by atoms with Gasteiger partial charge in [-0.2, -0.15) is 0 Å². The molecule has 1 aromatic rings. The van der Waals surface area contributed by atoms with Gasteiger partial charge in [-0.3, -0.25) is 0 Å². The first-order valence-electron chi connectivity index (χ1n) is 7.65. The highest BCUT2D eigenvalue weighted by molar-refractivity contribution is 5.15. The van der Waals surface area contributed by atoms with Gasteiger partial charge in [-0.15, -0.1) is 0 Å². The molecule has 0 unspecified atom stereocenters. The van der Waals surface area contributed by atoms with E-state index in [0.717, 1.165) is 30.3 Å². The number of hydrogen-bond acceptors (Lipinski definition) is 3. The van der Waals surface area contributed by atoms with Crippen LogP contribution in [0, 0.1) is 0 Å². The molecule has 0 spiro atoms. The average molecular weight is 277 g/mol. The van der Waals surface area contributed by atoms with Gasteiger partial charge in [-0.05, 0) is 6.42 Å². The standard InChI is InChI=1S/C17H31N3/c1-10-11-17(8,9)14-19-12(15(2,3)4)18-13(20-14)16(5,6)7/h10-11H2,1-9H3. The molecular weight excluding hydrogens is 246 g/mol. The molecule has 0 amide bonds. The van der Waals surface area contributed by atoms with Crippen molar-refractivity contribution in [3.8, 4) is 0 Å². The molecule has 0 atom stereocenters. The zero-order valence-electron chi connectivity index (χ0n) is 14.8. The molecule has 0 saturated heterocycles. The van der Waals surface area contributed by atoms with Gasteiger partial charge in [0.25, 0.3) is 0 Å². The maximum absolute atomic E-state index is 4.79. The van der Waals surface area contributed by atoms with Crippen LogP contribution in [0.1, 0.15) is 92.6 Å². The molecule has 1 aromatic heterocycles. The maximum Gasteiger partial charge on any atom is 0.138 e. The monoisotopic (exact) mass is 277 g/mol. The normalized spacial score (nSPS) is 13.7. The highest BCUT2D eigenvalue weighted by Crippen LogP contribution is 2.30. The highest BCUT2D eigenvalue weighted by atomic mass is 15.1. The third-order valence-electron chi connectivity index (χ3n) is 3.46. The van der Waals surface area contributed by atoms with Crippen LogP contribution >= 0.6 is 0 Å². The van der Waals surface area contributed by atoms with E-state index in [1.165, 1.54) is 0 Å². The Morgan fingerprint density at radius 3 is 1.30 bits per heavy atom. The van der Waals surface area contributed by atoms with Crippen molar-refractivity contribution < 1.29 is 0 Å². The summed E-state index contributed by atoms with van der Waals surface area (Å²) in [7, 11) is 0. The molecule has 0 fully saturated rings. The van der Waals surface area contributed by atoms with E-state index in [2.05, 4.69) is 62.3 Å². The lowest BCUT2D eigenvalue weighted by Crippen LogP contribution is -2.29. The summed E-state index contributed by atoms with van der Waals surface area (Å²) >= 11 is 0. The van der Waals surface area contributed by atoms with Gasteiger partial charge in [-0.1, -0.05) is 68.7 Å². The Bertz CT molecular complexity index is 430. The fourth-order valence-corrected chi connectivity index (χ4v) is 2.09. The first-order chi connectivity index (χ1) is 8.88. The van der Waals surface area contributed by atoms with Gasteiger partial charge >= 0.3 is 0 Å². The van der Waals surface area contributed by atoms with Gasteiger partial charge < -0.3 is 0 Å². The first kappa shape index (κ1) is 17.1. The number of rotatable bonds is 3. The van der Waals surface area contributed by atoms with Crippen molar-refractivity contribution in [3.05, 3.63) is 17.5 Å². The minimum Gasteiger partial charge on any atom is -0.217 e. The largest absolute Gasteiger partial charge is 0.217 e. The fraction of sp³-hybridized carbons (Fsp3) is 0.824. The van der Waals surface area contributed by atoms with Crippen LogP contribution in [-0.4, -0.2) is 15.0 Å². The highest BCUT2D eigenvalue weighted by Gasteiger charge is 2.30. The quantitative estimate of drug-likeness (QED) is 0.814. The molecule has 0 aromatic carbocycles. The van der Waals surface area contributed by atoms with Crippen molar-refractivity contribution >= 4 is 0 Å². The predicted octanol–water partition coefficient (Wildman–Crippen LogP) is 4.54. The molecule has 0 bridgehead atoms. The predicted molar refractivity (Wildman–Crippen MR) is 85.2 cm³/mol. The van der Waals surface area contributed by atoms with E-state index in [9.17, 15) is 0 Å². The van der Waals surface area contributed by atoms with Crippen molar-refractivity contribution in [2.75, 3.05) is 0 Å². The van der Waals surface area contributed by atoms with Crippen molar-refractivity contribution in [1.82, 2.24) is 15.0 Å². The molecule has 20 heavy (non-hydrogen) atoms. The summed E-state index contributed by atoms with van der Waals surface area (Å²) in [5.74, 6) is 2.73. The zero-order valence-corrected chi connectivity index (χ0v) is 14.8. The van der Waals surface area contributed by atoms with E-state index in [4.69, 9.17) is 15.0 Å². The second kappa shape index (κ2) is 5.42. The number of aromatic nitrogens is 3. The summed E-state index contributed by atoms with van der Waals surface area (Å²) in [4.78, 5) is 14.3. The van der Waals surface area contributed by atoms with E-state index in [-0.39, 0.29) is 16.2 Å². The molecule has 1 heterocycles. The molecule has 0 saturated carbocycles. The topological polar surface area (TPSA) is 38.7 Å². The van der Waals surface area contributed by atoms with Crippen molar-refractivity contribution in [1.29, 1.82) is 0 Å². The summed E-state index contributed by atoms with van der Waals surface area (Å²) in [5, 5.41) is 0. The van der Waals surface area contributed by atoms with Gasteiger partial charge in [0.2, 0.25) is 0 Å². The molecule has 0 N–H and O–H groups in total. The third kappa shape index (κ3) is 4.00. The van der Waals surface area contributed by atoms with E-state index >= 15 is 0 Å². The van der Waals surface area contributed by atoms with Gasteiger partial charge in [0.15, 0.2) is 0 Å². The van der Waals surface area contributed by atoms with Crippen LogP contribution in [-0.2, 0) is 16.2 Å². The lowest BCUT2D eigenvalue weighted by Gasteiger charge is -2.28. The van der Waals surface area contributed by atoms with Crippen LogP contribution in [0.15, 0.2) is 0 Å². The Kier molecular flexibility index (Phi) is 4.62. The van der Waals surface area contributed by atoms with Gasteiger partial charge in [-0.25, -0.2) is 15.0 Å². The maximum atomic E-state index is 4.79. The van der Waals surface area contributed by atoms with Crippen molar-refractivity contribution in [2.45, 2.75) is 91.4 Å². The number of nitrogens with zero attached hydrogens (tertiary/aromatic N) is 3. The number of hydrogen-bond donors (Lipinski definition) is 0. The molecule has 3 nitrogen and oxygen atoms in total. The van der Waals surface area contributed by atoms with Gasteiger partial charge in [0, 0.05) is 16.2 Å². The Labute approximate surface area is 124 Å². The van der Waals surface area contributed by atoms with Crippen LogP contribution < -0.4 is 0 Å². The molecule has 0 aliphatic heterocycles. The van der Waals surface area contributed by atoms with Crippen LogP contribution in [0.25, 0.3) is 0 Å². The van der Waals surface area contributed by atoms with Gasteiger partial charge in [0.05, 0.1) is 0 Å². The lowest BCUT2D eigenvalue weighted by atomic mass is 9.86. The SMILES string of the molecule is CCCC(C)(C)c1nc(C(C)(C)C)nc(C(C)(C)C)n1.